The van der Waals surface area contributed by atoms with Gasteiger partial charge in [-0.25, -0.2) is 4.98 Å². The van der Waals surface area contributed by atoms with E-state index in [-0.39, 0.29) is 5.91 Å². The number of benzene rings is 2. The summed E-state index contributed by atoms with van der Waals surface area (Å²) in [6.45, 7) is 7.76. The first kappa shape index (κ1) is 24.5. The van der Waals surface area contributed by atoms with Gasteiger partial charge in [0, 0.05) is 41.8 Å². The summed E-state index contributed by atoms with van der Waals surface area (Å²) < 4.78 is 11.1. The third-order valence-electron chi connectivity index (χ3n) is 5.68. The van der Waals surface area contributed by atoms with Crippen LogP contribution >= 0.6 is 0 Å². The minimum Gasteiger partial charge on any atom is -0.494 e. The van der Waals surface area contributed by atoms with E-state index in [2.05, 4.69) is 32.4 Å². The summed E-state index contributed by atoms with van der Waals surface area (Å²) in [6, 6.07) is 16.7. The van der Waals surface area contributed by atoms with Crippen molar-refractivity contribution in [2.24, 2.45) is 0 Å². The number of carbonyl (C=O) groups excluding carboxylic acids is 1. The summed E-state index contributed by atoms with van der Waals surface area (Å²) in [5.74, 6) is 2.06. The highest BCUT2D eigenvalue weighted by Gasteiger charge is 2.15. The minimum absolute atomic E-state index is 0.162. The molecule has 1 amide bonds. The third-order valence-corrected chi connectivity index (χ3v) is 5.68. The minimum atomic E-state index is -0.162. The largest absolute Gasteiger partial charge is 0.494 e. The Morgan fingerprint density at radius 3 is 2.43 bits per heavy atom. The van der Waals surface area contributed by atoms with Gasteiger partial charge >= 0.3 is 0 Å². The zero-order valence-electron chi connectivity index (χ0n) is 20.4. The van der Waals surface area contributed by atoms with E-state index in [1.54, 1.807) is 12.1 Å². The summed E-state index contributed by atoms with van der Waals surface area (Å²) >= 11 is 0. The molecule has 1 aliphatic rings. The molecule has 2 aromatic carbocycles. The number of aryl methyl sites for hydroxylation is 1. The number of rotatable bonds is 10. The van der Waals surface area contributed by atoms with Crippen LogP contribution in [0.15, 0.2) is 54.6 Å². The van der Waals surface area contributed by atoms with E-state index < -0.39 is 0 Å². The molecule has 1 aromatic heterocycles. The normalized spacial score (nSPS) is 13.4. The molecular formula is C27H33N5O3. The predicted octanol–water partition coefficient (Wildman–Crippen LogP) is 5.19. The second kappa shape index (κ2) is 12.2. The lowest BCUT2D eigenvalue weighted by atomic mass is 10.2. The summed E-state index contributed by atoms with van der Waals surface area (Å²) in [6.07, 6.45) is 3.36. The average Bonchev–Trinajstić information content (AvgIpc) is 2.88. The van der Waals surface area contributed by atoms with Gasteiger partial charge in [-0.2, -0.15) is 4.98 Å². The van der Waals surface area contributed by atoms with Crippen molar-refractivity contribution in [1.29, 1.82) is 0 Å². The summed E-state index contributed by atoms with van der Waals surface area (Å²) in [4.78, 5) is 24.0. The predicted molar refractivity (Wildman–Crippen MR) is 139 cm³/mol. The SMILES string of the molecule is CCCCCOc1ccc(C(=O)Nc2ccc(Nc3cc(C)nc(N4CCOCC4)n3)cc2)cc1. The van der Waals surface area contributed by atoms with Gasteiger partial charge in [0.25, 0.3) is 5.91 Å². The number of carbonyl (C=O) groups is 1. The monoisotopic (exact) mass is 475 g/mol. The molecule has 0 unspecified atom stereocenters. The maximum Gasteiger partial charge on any atom is 0.255 e. The molecule has 1 aliphatic heterocycles. The van der Waals surface area contributed by atoms with Gasteiger partial charge in [-0.05, 0) is 61.9 Å². The Labute approximate surface area is 206 Å². The van der Waals surface area contributed by atoms with Crippen LogP contribution in [0.25, 0.3) is 0 Å². The van der Waals surface area contributed by atoms with Crippen LogP contribution < -0.4 is 20.3 Å². The number of nitrogens with one attached hydrogen (secondary N) is 2. The van der Waals surface area contributed by atoms with E-state index in [1.165, 1.54) is 0 Å². The van der Waals surface area contributed by atoms with Crippen LogP contribution in [-0.2, 0) is 4.74 Å². The zero-order valence-corrected chi connectivity index (χ0v) is 20.4. The standard InChI is InChI=1S/C27H33N5O3/c1-3-4-5-16-35-24-12-6-21(7-13-24)26(33)30-23-10-8-22(9-11-23)29-25-19-20(2)28-27(31-25)32-14-17-34-18-15-32/h6-13,19H,3-5,14-18H2,1-2H3,(H,30,33)(H,28,29,31). The Bertz CT molecular complexity index is 1100. The number of morpholine rings is 1. The van der Waals surface area contributed by atoms with Crippen molar-refractivity contribution >= 4 is 29.0 Å². The summed E-state index contributed by atoms with van der Waals surface area (Å²) in [7, 11) is 0. The molecule has 0 atom stereocenters. The molecule has 2 N–H and O–H groups in total. The van der Waals surface area contributed by atoms with Gasteiger partial charge in [0.2, 0.25) is 5.95 Å². The fourth-order valence-electron chi connectivity index (χ4n) is 3.75. The van der Waals surface area contributed by atoms with Crippen molar-refractivity contribution in [2.75, 3.05) is 48.4 Å². The quantitative estimate of drug-likeness (QED) is 0.390. The van der Waals surface area contributed by atoms with Gasteiger partial charge in [-0.3, -0.25) is 4.79 Å². The van der Waals surface area contributed by atoms with Crippen molar-refractivity contribution in [3.8, 4) is 5.75 Å². The lowest BCUT2D eigenvalue weighted by molar-refractivity contribution is 0.102. The van der Waals surface area contributed by atoms with E-state index in [0.717, 1.165) is 55.3 Å². The van der Waals surface area contributed by atoms with E-state index in [0.29, 0.717) is 37.0 Å². The molecule has 0 bridgehead atoms. The Kier molecular flexibility index (Phi) is 8.51. The fourth-order valence-corrected chi connectivity index (χ4v) is 3.75. The Hall–Kier alpha value is -3.65. The van der Waals surface area contributed by atoms with Gasteiger partial charge in [0.15, 0.2) is 0 Å². The van der Waals surface area contributed by atoms with Crippen LogP contribution in [0, 0.1) is 6.92 Å². The first-order valence-corrected chi connectivity index (χ1v) is 12.2. The number of hydrogen-bond acceptors (Lipinski definition) is 7. The molecule has 3 aromatic rings. The molecule has 35 heavy (non-hydrogen) atoms. The number of ether oxygens (including phenoxy) is 2. The first-order chi connectivity index (χ1) is 17.1. The number of anilines is 4. The molecule has 0 saturated carbocycles. The second-order valence-electron chi connectivity index (χ2n) is 8.53. The van der Waals surface area contributed by atoms with E-state index >= 15 is 0 Å². The van der Waals surface area contributed by atoms with Crippen LogP contribution in [0.5, 0.6) is 5.75 Å². The molecule has 0 aliphatic carbocycles. The van der Waals surface area contributed by atoms with Crippen LogP contribution in [0.1, 0.15) is 42.2 Å². The van der Waals surface area contributed by atoms with Gasteiger partial charge in [-0.15, -0.1) is 0 Å². The molecule has 8 heteroatoms. The van der Waals surface area contributed by atoms with Crippen molar-refractivity contribution in [3.63, 3.8) is 0 Å². The van der Waals surface area contributed by atoms with Crippen molar-refractivity contribution in [2.45, 2.75) is 33.1 Å². The Morgan fingerprint density at radius 2 is 1.71 bits per heavy atom. The molecule has 184 valence electrons. The molecule has 1 saturated heterocycles. The summed E-state index contributed by atoms with van der Waals surface area (Å²) in [5, 5.41) is 6.27. The fraction of sp³-hybridized carbons (Fsp3) is 0.370. The van der Waals surface area contributed by atoms with E-state index in [1.807, 2.05) is 49.4 Å². The number of unbranched alkanes of at least 4 members (excludes halogenated alkanes) is 2. The molecule has 4 rings (SSSR count). The van der Waals surface area contributed by atoms with E-state index in [9.17, 15) is 4.79 Å². The number of amides is 1. The number of aromatic nitrogens is 2. The van der Waals surface area contributed by atoms with Crippen LogP contribution in [0.3, 0.4) is 0 Å². The zero-order chi connectivity index (χ0) is 24.5. The van der Waals surface area contributed by atoms with Crippen molar-refractivity contribution < 1.29 is 14.3 Å². The third kappa shape index (κ3) is 7.16. The number of hydrogen-bond donors (Lipinski definition) is 2. The topological polar surface area (TPSA) is 88.6 Å². The van der Waals surface area contributed by atoms with Crippen molar-refractivity contribution in [1.82, 2.24) is 9.97 Å². The Balaban J connectivity index is 1.33. The average molecular weight is 476 g/mol. The Morgan fingerprint density at radius 1 is 1.00 bits per heavy atom. The lowest BCUT2D eigenvalue weighted by Gasteiger charge is -2.27. The van der Waals surface area contributed by atoms with Crippen LogP contribution in [0.2, 0.25) is 0 Å². The highest BCUT2D eigenvalue weighted by molar-refractivity contribution is 6.04. The van der Waals surface area contributed by atoms with Gasteiger partial charge < -0.3 is 25.0 Å². The molecule has 1 fully saturated rings. The lowest BCUT2D eigenvalue weighted by Crippen LogP contribution is -2.37. The molecule has 8 nitrogen and oxygen atoms in total. The molecule has 0 spiro atoms. The smallest absolute Gasteiger partial charge is 0.255 e. The molecule has 0 radical (unpaired) electrons. The summed E-state index contributed by atoms with van der Waals surface area (Å²) in [5.41, 5.74) is 3.07. The molecular weight excluding hydrogens is 442 g/mol. The van der Waals surface area contributed by atoms with Crippen LogP contribution in [-0.4, -0.2) is 48.8 Å². The van der Waals surface area contributed by atoms with Crippen LogP contribution in [0.4, 0.5) is 23.1 Å². The maximum absolute atomic E-state index is 12.6. The maximum atomic E-state index is 12.6. The van der Waals surface area contributed by atoms with Crippen molar-refractivity contribution in [3.05, 3.63) is 65.9 Å². The second-order valence-corrected chi connectivity index (χ2v) is 8.53. The first-order valence-electron chi connectivity index (χ1n) is 12.2. The highest BCUT2D eigenvalue weighted by atomic mass is 16.5. The van der Waals surface area contributed by atoms with Gasteiger partial charge in [0.1, 0.15) is 11.6 Å². The molecule has 2 heterocycles. The van der Waals surface area contributed by atoms with E-state index in [4.69, 9.17) is 9.47 Å². The number of nitrogens with zero attached hydrogens (tertiary/aromatic N) is 3. The highest BCUT2D eigenvalue weighted by Crippen LogP contribution is 2.21. The van der Waals surface area contributed by atoms with Gasteiger partial charge in [0.05, 0.1) is 19.8 Å². The van der Waals surface area contributed by atoms with Gasteiger partial charge in [-0.1, -0.05) is 19.8 Å².